The van der Waals surface area contributed by atoms with Crippen LogP contribution in [0, 0.1) is 0 Å². The van der Waals surface area contributed by atoms with Crippen LogP contribution in [-0.4, -0.2) is 45.3 Å². The molecule has 0 aliphatic rings. The molecule has 0 amide bonds. The van der Waals surface area contributed by atoms with E-state index in [4.69, 9.17) is 14.7 Å². The Bertz CT molecular complexity index is 269. The number of quaternary nitrogens is 1. The third-order valence-electron chi connectivity index (χ3n) is 2.03. The van der Waals surface area contributed by atoms with Gasteiger partial charge in [0, 0.05) is 0 Å². The van der Waals surface area contributed by atoms with E-state index in [2.05, 4.69) is 0 Å². The summed E-state index contributed by atoms with van der Waals surface area (Å²) in [5, 5.41) is 0. The summed E-state index contributed by atoms with van der Waals surface area (Å²) in [5.74, 6) is 0. The third-order valence-corrected chi connectivity index (χ3v) is 6.25. The van der Waals surface area contributed by atoms with Gasteiger partial charge < -0.3 is 28.6 Å². The third kappa shape index (κ3) is 3.44. The lowest BCUT2D eigenvalue weighted by atomic mass is 10.6. The van der Waals surface area contributed by atoms with Crippen LogP contribution in [0.3, 0.4) is 0 Å². The van der Waals surface area contributed by atoms with Gasteiger partial charge in [0.15, 0.2) is 0 Å². The van der Waals surface area contributed by atoms with Gasteiger partial charge in [-0.15, -0.1) is 0 Å². The summed E-state index contributed by atoms with van der Waals surface area (Å²) >= 11 is 0. The van der Waals surface area contributed by atoms with Gasteiger partial charge in [-0.1, -0.05) is 0 Å². The summed E-state index contributed by atoms with van der Waals surface area (Å²) in [4.78, 5) is 37.3. The summed E-state index contributed by atoms with van der Waals surface area (Å²) in [6.07, 6.45) is 0. The molecule has 86 valence electrons. The van der Waals surface area contributed by atoms with E-state index in [1.807, 2.05) is 0 Å². The Morgan fingerprint density at radius 1 is 1.29 bits per heavy atom. The van der Waals surface area contributed by atoms with Gasteiger partial charge in [-0.25, -0.2) is 0 Å². The van der Waals surface area contributed by atoms with Gasteiger partial charge in [-0.05, 0) is 6.92 Å². The number of hydrogen-bond acceptors (Lipinski definition) is 3. The fourth-order valence-electron chi connectivity index (χ4n) is 1.16. The highest BCUT2D eigenvalue weighted by atomic mass is 31.2. The van der Waals surface area contributed by atoms with Gasteiger partial charge in [0.05, 0.1) is 20.6 Å². The first-order chi connectivity index (χ1) is 5.93. The molecule has 0 aromatic rings. The van der Waals surface area contributed by atoms with Crippen molar-refractivity contribution in [1.82, 2.24) is 0 Å². The zero-order valence-corrected chi connectivity index (χ0v) is 9.98. The molecule has 9 heteroatoms. The fraction of sp³-hybridized carbons (Fsp3) is 1.00. The van der Waals surface area contributed by atoms with Crippen LogP contribution < -0.4 is 4.89 Å². The highest BCUT2D eigenvalue weighted by molar-refractivity contribution is 7.69. The van der Waals surface area contributed by atoms with E-state index in [1.54, 1.807) is 6.92 Å². The van der Waals surface area contributed by atoms with E-state index in [0.717, 1.165) is 0 Å². The van der Waals surface area contributed by atoms with E-state index in [9.17, 15) is 14.0 Å². The lowest BCUT2D eigenvalue weighted by Gasteiger charge is -2.40. The van der Waals surface area contributed by atoms with E-state index >= 15 is 0 Å². The topological polar surface area (TPSA) is 118 Å². The van der Waals surface area contributed by atoms with Gasteiger partial charge in [0.1, 0.15) is 0 Å². The van der Waals surface area contributed by atoms with Crippen molar-refractivity contribution in [1.29, 1.82) is 0 Å². The average Bonchev–Trinajstić information content (AvgIpc) is 1.79. The van der Waals surface area contributed by atoms with Crippen molar-refractivity contribution in [2.24, 2.45) is 0 Å². The standard InChI is InChI=1S/C5H15NO6P2/c1-4-6(2,3)5(13(7,8)9)14(10,11)12/h5H,4H2,1-3H3,(H3-,7,8,9,10,11,12). The normalized spacial score (nSPS) is 20.2. The molecule has 14 heavy (non-hydrogen) atoms. The molecule has 0 rings (SSSR count). The van der Waals surface area contributed by atoms with Crippen LogP contribution in [0.15, 0.2) is 0 Å². The Kier molecular flexibility index (Phi) is 4.10. The first-order valence-corrected chi connectivity index (χ1v) is 7.17. The van der Waals surface area contributed by atoms with Gasteiger partial charge >= 0.3 is 7.60 Å². The van der Waals surface area contributed by atoms with Gasteiger partial charge in [0.2, 0.25) is 7.60 Å². The van der Waals surface area contributed by atoms with Crippen molar-refractivity contribution < 1.29 is 33.2 Å². The zero-order valence-electron chi connectivity index (χ0n) is 8.19. The van der Waals surface area contributed by atoms with Gasteiger partial charge in [0.25, 0.3) is 5.52 Å². The van der Waals surface area contributed by atoms with Crippen molar-refractivity contribution in [2.45, 2.75) is 12.4 Å². The van der Waals surface area contributed by atoms with E-state index < -0.39 is 25.2 Å². The summed E-state index contributed by atoms with van der Waals surface area (Å²) in [6.45, 7) is 1.74. The van der Waals surface area contributed by atoms with Crippen molar-refractivity contribution >= 4 is 15.2 Å². The second kappa shape index (κ2) is 4.02. The average molecular weight is 247 g/mol. The Morgan fingerprint density at radius 2 is 1.64 bits per heavy atom. The van der Waals surface area contributed by atoms with Crippen molar-refractivity contribution in [3.63, 3.8) is 0 Å². The monoisotopic (exact) mass is 247 g/mol. The number of rotatable bonds is 4. The van der Waals surface area contributed by atoms with Crippen LogP contribution in [0.1, 0.15) is 6.92 Å². The second-order valence-corrected chi connectivity index (χ2v) is 7.29. The van der Waals surface area contributed by atoms with Crippen LogP contribution in [0.25, 0.3) is 0 Å². The minimum Gasteiger partial charge on any atom is -0.774 e. The predicted molar refractivity (Wildman–Crippen MR) is 48.3 cm³/mol. The van der Waals surface area contributed by atoms with Crippen LogP contribution in [-0.2, 0) is 9.13 Å². The SMILES string of the molecule is CC[N+](C)(C)C(P(=O)([O-])O)P(=O)(O)O. The highest BCUT2D eigenvalue weighted by Crippen LogP contribution is 2.60. The maximum atomic E-state index is 10.9. The molecule has 0 aliphatic heterocycles. The molecule has 2 unspecified atom stereocenters. The highest BCUT2D eigenvalue weighted by Gasteiger charge is 2.48. The molecular formula is C5H15NO6P2. The molecule has 0 bridgehead atoms. The maximum absolute atomic E-state index is 10.9. The van der Waals surface area contributed by atoms with E-state index in [0.29, 0.717) is 0 Å². The minimum absolute atomic E-state index is 0.169. The van der Waals surface area contributed by atoms with Gasteiger partial charge in [-0.3, -0.25) is 4.57 Å². The van der Waals surface area contributed by atoms with E-state index in [1.165, 1.54) is 14.1 Å². The lowest BCUT2D eigenvalue weighted by molar-refractivity contribution is -0.890. The van der Waals surface area contributed by atoms with Crippen molar-refractivity contribution in [3.8, 4) is 0 Å². The van der Waals surface area contributed by atoms with E-state index in [-0.39, 0.29) is 6.54 Å². The van der Waals surface area contributed by atoms with Crippen LogP contribution in [0.4, 0.5) is 0 Å². The molecule has 2 atom stereocenters. The largest absolute Gasteiger partial charge is 0.774 e. The van der Waals surface area contributed by atoms with Gasteiger partial charge in [-0.2, -0.15) is 0 Å². The first-order valence-electron chi connectivity index (χ1n) is 3.84. The Balaban J connectivity index is 5.37. The molecule has 0 aromatic heterocycles. The smallest absolute Gasteiger partial charge is 0.391 e. The molecule has 3 N–H and O–H groups in total. The number of hydrogen-bond donors (Lipinski definition) is 3. The van der Waals surface area contributed by atoms with Crippen molar-refractivity contribution in [2.75, 3.05) is 20.6 Å². The Hall–Kier alpha value is 0.260. The molecule has 0 saturated heterocycles. The first kappa shape index (κ1) is 14.3. The summed E-state index contributed by atoms with van der Waals surface area (Å²) < 4.78 is 21.3. The second-order valence-electron chi connectivity index (χ2n) is 3.59. The van der Waals surface area contributed by atoms with Crippen LogP contribution in [0.5, 0.6) is 0 Å². The Labute approximate surface area is 82.3 Å². The summed E-state index contributed by atoms with van der Waals surface area (Å²) in [5.41, 5.74) is -2.10. The van der Waals surface area contributed by atoms with Crippen molar-refractivity contribution in [3.05, 3.63) is 0 Å². The lowest BCUT2D eigenvalue weighted by Crippen LogP contribution is -2.49. The van der Waals surface area contributed by atoms with Crippen LogP contribution in [0.2, 0.25) is 0 Å². The molecule has 7 nitrogen and oxygen atoms in total. The fourth-order valence-corrected chi connectivity index (χ4v) is 4.61. The summed E-state index contributed by atoms with van der Waals surface area (Å²) in [6, 6.07) is 0. The molecule has 0 fully saturated rings. The molecule has 0 spiro atoms. The maximum Gasteiger partial charge on any atom is 0.391 e. The molecule has 0 aromatic carbocycles. The minimum atomic E-state index is -5.08. The molecule has 0 heterocycles. The summed E-state index contributed by atoms with van der Waals surface area (Å²) in [7, 11) is -7.32. The Morgan fingerprint density at radius 3 is 1.71 bits per heavy atom. The van der Waals surface area contributed by atoms with Crippen LogP contribution >= 0.6 is 15.2 Å². The molecule has 0 radical (unpaired) electrons. The zero-order chi connectivity index (χ0) is 11.8. The quantitative estimate of drug-likeness (QED) is 0.437. The molecule has 0 saturated carbocycles. The molecule has 0 aliphatic carbocycles. The number of nitrogens with zero attached hydrogens (tertiary/aromatic N) is 1. The predicted octanol–water partition coefficient (Wildman–Crippen LogP) is -0.910. The molecular weight excluding hydrogens is 232 g/mol.